The summed E-state index contributed by atoms with van der Waals surface area (Å²) in [7, 11) is 1.57. The van der Waals surface area contributed by atoms with Gasteiger partial charge in [0.15, 0.2) is 5.52 Å². The average molecular weight is 678 g/mol. The maximum Gasteiger partial charge on any atom is 0.402 e. The molecule has 47 heavy (non-hydrogen) atoms. The molecular formula is C33H37N6O6S2+. The van der Waals surface area contributed by atoms with Gasteiger partial charge in [-0.15, -0.1) is 0 Å². The van der Waals surface area contributed by atoms with Gasteiger partial charge in [-0.25, -0.2) is 14.5 Å². The molecule has 2 bridgehead atoms. The number of imidazole rings is 2. The van der Waals surface area contributed by atoms with Crippen molar-refractivity contribution in [1.29, 1.82) is 0 Å². The number of anilines is 1. The number of ketones is 1. The van der Waals surface area contributed by atoms with Crippen molar-refractivity contribution in [3.05, 3.63) is 59.4 Å². The molecule has 2 fully saturated rings. The van der Waals surface area contributed by atoms with E-state index in [0.717, 1.165) is 27.7 Å². The first-order chi connectivity index (χ1) is 22.5. The fourth-order valence-corrected chi connectivity index (χ4v) is 12.0. The molecule has 2 N–H and O–H groups in total. The largest absolute Gasteiger partial charge is 0.497 e. The van der Waals surface area contributed by atoms with Crippen molar-refractivity contribution in [2.24, 2.45) is 11.8 Å². The van der Waals surface area contributed by atoms with Crippen LogP contribution in [0.2, 0.25) is 0 Å². The molecule has 0 saturated carbocycles. The number of H-pyrrole nitrogens is 2. The second-order valence-electron chi connectivity index (χ2n) is 12.2. The number of ether oxygens (including phenoxy) is 3. The first-order valence-corrected chi connectivity index (χ1v) is 18.0. The number of benzene rings is 2. The number of Topliss-reactive ketones (excluding diaryl/α,β-unsaturated/α-hetero) is 1. The monoisotopic (exact) mass is 677 g/mol. The molecule has 6 atom stereocenters. The van der Waals surface area contributed by atoms with Crippen molar-refractivity contribution in [1.82, 2.24) is 19.9 Å². The zero-order chi connectivity index (χ0) is 33.4. The number of carbonyl (C=O) groups is 1. The van der Waals surface area contributed by atoms with Gasteiger partial charge < -0.3 is 24.1 Å². The zero-order valence-corrected chi connectivity index (χ0v) is 28.9. The number of nitrogens with one attached hydrogen (secondary N) is 2. The van der Waals surface area contributed by atoms with Gasteiger partial charge in [-0.3, -0.25) is 13.2 Å². The van der Waals surface area contributed by atoms with Crippen LogP contribution in [0.5, 0.6) is 17.2 Å². The molecule has 5 heterocycles. The lowest BCUT2D eigenvalue weighted by Crippen LogP contribution is -2.65. The summed E-state index contributed by atoms with van der Waals surface area (Å²) in [6.07, 6.45) is 1.91. The van der Waals surface area contributed by atoms with Crippen LogP contribution in [-0.4, -0.2) is 71.5 Å². The molecule has 2 aliphatic rings. The highest BCUT2D eigenvalue weighted by molar-refractivity contribution is 7.91. The second-order valence-corrected chi connectivity index (χ2v) is 15.4. The summed E-state index contributed by atoms with van der Waals surface area (Å²) in [5.41, 5.74) is 5.28. The lowest BCUT2D eigenvalue weighted by molar-refractivity contribution is -0.611. The van der Waals surface area contributed by atoms with Crippen molar-refractivity contribution in [3.63, 3.8) is 0 Å². The summed E-state index contributed by atoms with van der Waals surface area (Å²) < 4.78 is 47.6. The van der Waals surface area contributed by atoms with E-state index in [4.69, 9.17) is 24.2 Å². The molecule has 246 valence electrons. The average Bonchev–Trinajstić information content (AvgIpc) is 3.76. The molecule has 0 amide bonds. The predicted molar refractivity (Wildman–Crippen MR) is 180 cm³/mol. The minimum atomic E-state index is -1.76. The molecule has 0 aliphatic carbocycles. The molecule has 2 aromatic carbocycles. The van der Waals surface area contributed by atoms with E-state index in [-0.39, 0.29) is 17.3 Å². The van der Waals surface area contributed by atoms with Crippen LogP contribution in [0.3, 0.4) is 0 Å². The molecule has 7 rings (SSSR count). The fourth-order valence-electron chi connectivity index (χ4n) is 7.21. The van der Waals surface area contributed by atoms with Gasteiger partial charge in [-0.2, -0.15) is 0 Å². The number of pyridine rings is 1. The number of nitrogens with zero attached hydrogens (tertiary/aromatic N) is 4. The van der Waals surface area contributed by atoms with E-state index >= 15 is 4.21 Å². The number of hydrogen-bond donors (Lipinski definition) is 2. The van der Waals surface area contributed by atoms with E-state index in [0.29, 0.717) is 40.4 Å². The van der Waals surface area contributed by atoms with E-state index in [1.54, 1.807) is 35.2 Å². The van der Waals surface area contributed by atoms with Crippen LogP contribution in [0.1, 0.15) is 30.7 Å². The van der Waals surface area contributed by atoms with Gasteiger partial charge in [-0.1, -0.05) is 18.8 Å². The summed E-state index contributed by atoms with van der Waals surface area (Å²) >= 11 is 0. The Morgan fingerprint density at radius 2 is 1.64 bits per heavy atom. The van der Waals surface area contributed by atoms with Crippen LogP contribution >= 0.6 is 0 Å². The summed E-state index contributed by atoms with van der Waals surface area (Å²) in [5.74, 6) is 1.79. The smallest absolute Gasteiger partial charge is 0.402 e. The highest BCUT2D eigenvalue weighted by Gasteiger charge is 2.66. The van der Waals surface area contributed by atoms with Crippen molar-refractivity contribution >= 4 is 55.4 Å². The molecule has 3 aromatic heterocycles. The van der Waals surface area contributed by atoms with Gasteiger partial charge in [0.25, 0.3) is 0 Å². The SMILES string of the molecule is COc1ccc2nc(N3C4C(C)C(=O)C(C)C3(S(=O)Cc3c(C)c(OC)c(C)c[n+]3-c3nc5ccc(OC)cc5[nH]3)CS4=O)[nH]c2c1. The van der Waals surface area contributed by atoms with Gasteiger partial charge in [0, 0.05) is 40.0 Å². The minimum Gasteiger partial charge on any atom is -0.497 e. The number of aryl methyl sites for hydroxylation is 1. The fraction of sp³-hybridized carbons (Fsp3) is 0.394. The van der Waals surface area contributed by atoms with Gasteiger partial charge in [0.2, 0.25) is 5.95 Å². The van der Waals surface area contributed by atoms with Gasteiger partial charge in [0.05, 0.1) is 66.8 Å². The lowest BCUT2D eigenvalue weighted by atomic mass is 9.84. The Kier molecular flexibility index (Phi) is 7.62. The normalized spacial score (nSPS) is 24.7. The predicted octanol–water partition coefficient (Wildman–Crippen LogP) is 3.75. The third-order valence-electron chi connectivity index (χ3n) is 9.68. The van der Waals surface area contributed by atoms with Crippen molar-refractivity contribution in [2.45, 2.75) is 43.7 Å². The Balaban J connectivity index is 1.38. The highest BCUT2D eigenvalue weighted by atomic mass is 32.2. The maximum absolute atomic E-state index is 15.2. The quantitative estimate of drug-likeness (QED) is 0.235. The third-order valence-corrected chi connectivity index (χ3v) is 13.8. The van der Waals surface area contributed by atoms with Crippen LogP contribution in [0.15, 0.2) is 42.6 Å². The van der Waals surface area contributed by atoms with Crippen LogP contribution in [0, 0.1) is 25.7 Å². The number of piperidine rings is 1. The molecule has 14 heteroatoms. The Hall–Kier alpha value is -4.30. The Morgan fingerprint density at radius 1 is 1.00 bits per heavy atom. The first kappa shape index (κ1) is 31.3. The van der Waals surface area contributed by atoms with E-state index < -0.39 is 43.7 Å². The number of aromatic amines is 2. The zero-order valence-electron chi connectivity index (χ0n) is 27.2. The van der Waals surface area contributed by atoms with Crippen LogP contribution < -0.4 is 23.7 Å². The molecule has 5 aromatic rings. The lowest BCUT2D eigenvalue weighted by Gasteiger charge is -2.47. The number of carbonyl (C=O) groups excluding carboxylic acids is 1. The Morgan fingerprint density at radius 3 is 2.28 bits per heavy atom. The molecule has 0 spiro atoms. The Bertz CT molecular complexity index is 2130. The van der Waals surface area contributed by atoms with Crippen LogP contribution in [0.25, 0.3) is 28.0 Å². The van der Waals surface area contributed by atoms with E-state index in [1.165, 1.54) is 0 Å². The number of rotatable bonds is 8. The molecule has 0 radical (unpaired) electrons. The standard InChI is InChI=1S/C33H37N6O6S2/c1-17-14-38(31-34-23-10-8-21(43-5)12-25(23)36-31)27(18(2)29(17)45-7)15-47(42)33-16-46(41)30(19(3)28(40)20(33)4)39(33)32-35-24-11-9-22(44-6)13-26(24)37-32/h8-14,19-20,30H,15-16H2,1-7H3,(H,34,36)(H,35,37)/q+1. The van der Waals surface area contributed by atoms with Crippen LogP contribution in [0.4, 0.5) is 5.95 Å². The van der Waals surface area contributed by atoms with Gasteiger partial charge in [0.1, 0.15) is 44.5 Å². The van der Waals surface area contributed by atoms with Crippen molar-refractivity contribution < 1.29 is 32.0 Å². The molecule has 6 unspecified atom stereocenters. The van der Waals surface area contributed by atoms with Gasteiger partial charge >= 0.3 is 5.95 Å². The first-order valence-electron chi connectivity index (χ1n) is 15.3. The van der Waals surface area contributed by atoms with E-state index in [2.05, 4.69) is 9.97 Å². The maximum atomic E-state index is 15.2. The summed E-state index contributed by atoms with van der Waals surface area (Å²) in [6, 6.07) is 11.1. The molecule has 2 saturated heterocycles. The molecule has 12 nitrogen and oxygen atoms in total. The second kappa shape index (κ2) is 11.4. The topological polar surface area (TPSA) is 143 Å². The van der Waals surface area contributed by atoms with Gasteiger partial charge in [-0.05, 0) is 38.1 Å². The molecule has 2 aliphatic heterocycles. The summed E-state index contributed by atoms with van der Waals surface area (Å²) in [6.45, 7) is 7.48. The van der Waals surface area contributed by atoms with Crippen molar-refractivity contribution in [2.75, 3.05) is 32.0 Å². The number of fused-ring (bicyclic) bond motifs is 4. The number of aromatic nitrogens is 5. The Labute approximate surface area is 276 Å². The van der Waals surface area contributed by atoms with Crippen molar-refractivity contribution in [3.8, 4) is 23.2 Å². The number of methoxy groups -OCH3 is 3. The van der Waals surface area contributed by atoms with E-state index in [9.17, 15) is 9.00 Å². The van der Waals surface area contributed by atoms with Crippen LogP contribution in [-0.2, 0) is 32.1 Å². The highest BCUT2D eigenvalue weighted by Crippen LogP contribution is 2.50. The van der Waals surface area contributed by atoms with E-state index in [1.807, 2.05) is 65.9 Å². The third kappa shape index (κ3) is 4.66. The summed E-state index contributed by atoms with van der Waals surface area (Å²) in [5, 5.41) is -0.684. The minimum absolute atomic E-state index is 0.0311. The summed E-state index contributed by atoms with van der Waals surface area (Å²) in [4.78, 5) is 30.8. The molecular weight excluding hydrogens is 641 g/mol. The number of hydrogen-bond acceptors (Lipinski definition) is 9.